The normalized spacial score (nSPS) is 42.0. The number of ether oxygens (including phenoxy) is 1. The van der Waals surface area contributed by atoms with E-state index in [0.717, 1.165) is 30.1 Å². The van der Waals surface area contributed by atoms with Gasteiger partial charge in [-0.25, -0.2) is 0 Å². The molecule has 1 aliphatic heterocycles. The van der Waals surface area contributed by atoms with Crippen molar-refractivity contribution in [3.8, 4) is 6.07 Å². The first-order chi connectivity index (χ1) is 13.6. The molecule has 0 aromatic heterocycles. The molecule has 0 spiro atoms. The molecule has 5 rings (SSSR count). The van der Waals surface area contributed by atoms with Crippen LogP contribution in [-0.4, -0.2) is 6.10 Å². The minimum Gasteiger partial charge on any atom is -0.483 e. The average molecular weight is 378 g/mol. The summed E-state index contributed by atoms with van der Waals surface area (Å²) in [6.07, 6.45) is 19.2. The highest BCUT2D eigenvalue weighted by molar-refractivity contribution is 5.45. The Morgan fingerprint density at radius 1 is 1.11 bits per heavy atom. The second-order valence-electron chi connectivity index (χ2n) is 10.3. The van der Waals surface area contributed by atoms with E-state index in [1.807, 2.05) is 0 Å². The Morgan fingerprint density at radius 3 is 2.54 bits per heavy atom. The molecule has 0 N–H and O–H groups in total. The molecule has 3 unspecified atom stereocenters. The zero-order valence-electron chi connectivity index (χ0n) is 17.7. The summed E-state index contributed by atoms with van der Waals surface area (Å²) < 4.78 is 6.15. The summed E-state index contributed by atoms with van der Waals surface area (Å²) in [6.45, 7) is 4.63. The van der Waals surface area contributed by atoms with Crippen LogP contribution >= 0.6 is 0 Å². The van der Waals surface area contributed by atoms with Gasteiger partial charge in [-0.1, -0.05) is 38.8 Å². The van der Waals surface area contributed by atoms with Crippen molar-refractivity contribution in [3.63, 3.8) is 0 Å². The highest BCUT2D eigenvalue weighted by Gasteiger charge is 2.58. The van der Waals surface area contributed by atoms with E-state index in [9.17, 15) is 5.26 Å². The van der Waals surface area contributed by atoms with E-state index < -0.39 is 0 Å². The highest BCUT2D eigenvalue weighted by Crippen LogP contribution is 2.66. The first-order valence-electron chi connectivity index (χ1n) is 11.8. The molecule has 4 aliphatic carbocycles. The Balaban J connectivity index is 1.22. The van der Waals surface area contributed by atoms with Gasteiger partial charge in [0.15, 0.2) is 6.10 Å². The number of nitrogens with zero attached hydrogens (tertiary/aromatic N) is 1. The first kappa shape index (κ1) is 18.5. The Labute approximate surface area is 170 Å². The number of hydrogen-bond acceptors (Lipinski definition) is 2. The molecule has 2 nitrogen and oxygen atoms in total. The van der Waals surface area contributed by atoms with Gasteiger partial charge in [0, 0.05) is 5.92 Å². The Morgan fingerprint density at radius 2 is 1.86 bits per heavy atom. The fourth-order valence-corrected chi connectivity index (χ4v) is 6.69. The SMILES string of the molecule is CCC1=CC2CC2(C2CCC(=C3OC3C3CCC(C)CC3)CC2)C=C1CC#N. The number of epoxide rings is 1. The van der Waals surface area contributed by atoms with Crippen LogP contribution in [0, 0.1) is 40.4 Å². The fraction of sp³-hybridized carbons (Fsp3) is 0.731. The van der Waals surface area contributed by atoms with Crippen molar-refractivity contribution < 1.29 is 4.74 Å². The van der Waals surface area contributed by atoms with E-state index in [0.29, 0.717) is 17.9 Å². The van der Waals surface area contributed by atoms with Crippen LogP contribution in [0.4, 0.5) is 0 Å². The number of fused-ring (bicyclic) bond motifs is 1. The van der Waals surface area contributed by atoms with Gasteiger partial charge in [-0.05, 0) is 91.3 Å². The van der Waals surface area contributed by atoms with Crippen LogP contribution in [0.2, 0.25) is 0 Å². The molecule has 1 heterocycles. The lowest BCUT2D eigenvalue weighted by atomic mass is 9.71. The van der Waals surface area contributed by atoms with Gasteiger partial charge in [0.2, 0.25) is 0 Å². The molecule has 0 aromatic rings. The van der Waals surface area contributed by atoms with Crippen LogP contribution in [0.5, 0.6) is 0 Å². The zero-order valence-corrected chi connectivity index (χ0v) is 17.7. The van der Waals surface area contributed by atoms with Crippen molar-refractivity contribution in [1.29, 1.82) is 5.26 Å². The van der Waals surface area contributed by atoms with Gasteiger partial charge in [-0.2, -0.15) is 5.26 Å². The van der Waals surface area contributed by atoms with E-state index in [-0.39, 0.29) is 0 Å². The van der Waals surface area contributed by atoms with Gasteiger partial charge in [-0.15, -0.1) is 0 Å². The molecule has 0 radical (unpaired) electrons. The molecular weight excluding hydrogens is 342 g/mol. The maximum Gasteiger partial charge on any atom is 0.158 e. The molecule has 0 aromatic carbocycles. The van der Waals surface area contributed by atoms with Gasteiger partial charge < -0.3 is 4.74 Å². The second kappa shape index (κ2) is 7.08. The van der Waals surface area contributed by atoms with Crippen molar-refractivity contribution in [2.45, 2.75) is 90.6 Å². The van der Waals surface area contributed by atoms with E-state index in [4.69, 9.17) is 4.74 Å². The fourth-order valence-electron chi connectivity index (χ4n) is 6.69. The van der Waals surface area contributed by atoms with Crippen molar-refractivity contribution in [2.24, 2.45) is 29.1 Å². The standard InChI is InChI=1S/C26H35NO/c1-3-18-14-23-16-26(23,15-21(18)12-13-27)22-10-8-20(9-11-22)25-24(28-25)19-6-4-17(2)5-7-19/h14-15,17,19,22-24H,3-12,16H2,1-2H3. The molecule has 5 aliphatic rings. The molecule has 3 saturated carbocycles. The van der Waals surface area contributed by atoms with Crippen molar-refractivity contribution >= 4 is 0 Å². The third-order valence-corrected chi connectivity index (χ3v) is 8.65. The predicted octanol–water partition coefficient (Wildman–Crippen LogP) is 6.85. The molecule has 4 fully saturated rings. The zero-order chi connectivity index (χ0) is 19.3. The second-order valence-corrected chi connectivity index (χ2v) is 10.3. The summed E-state index contributed by atoms with van der Waals surface area (Å²) in [6, 6.07) is 2.40. The van der Waals surface area contributed by atoms with Crippen LogP contribution < -0.4 is 0 Å². The Hall–Kier alpha value is -1.49. The highest BCUT2D eigenvalue weighted by atomic mass is 16.6. The Kier molecular flexibility index (Phi) is 4.69. The number of nitriles is 1. The first-order valence-corrected chi connectivity index (χ1v) is 11.8. The number of hydrogen-bond donors (Lipinski definition) is 0. The largest absolute Gasteiger partial charge is 0.483 e. The molecule has 2 heteroatoms. The third-order valence-electron chi connectivity index (χ3n) is 8.65. The van der Waals surface area contributed by atoms with Gasteiger partial charge in [0.1, 0.15) is 5.76 Å². The van der Waals surface area contributed by atoms with E-state index in [1.165, 1.54) is 74.7 Å². The molecule has 0 amide bonds. The topological polar surface area (TPSA) is 36.3 Å². The van der Waals surface area contributed by atoms with Crippen LogP contribution in [0.15, 0.2) is 34.6 Å². The van der Waals surface area contributed by atoms with Crippen molar-refractivity contribution in [3.05, 3.63) is 34.6 Å². The quantitative estimate of drug-likeness (QED) is 0.502. The maximum atomic E-state index is 9.24. The van der Waals surface area contributed by atoms with E-state index in [1.54, 1.807) is 5.57 Å². The maximum absolute atomic E-state index is 9.24. The monoisotopic (exact) mass is 377 g/mol. The summed E-state index contributed by atoms with van der Waals surface area (Å²) >= 11 is 0. The van der Waals surface area contributed by atoms with Crippen LogP contribution in [0.25, 0.3) is 0 Å². The van der Waals surface area contributed by atoms with Gasteiger partial charge in [-0.3, -0.25) is 0 Å². The smallest absolute Gasteiger partial charge is 0.158 e. The van der Waals surface area contributed by atoms with Crippen molar-refractivity contribution in [1.82, 2.24) is 0 Å². The third kappa shape index (κ3) is 3.16. The van der Waals surface area contributed by atoms with Crippen LogP contribution in [-0.2, 0) is 4.74 Å². The molecule has 150 valence electrons. The lowest BCUT2D eigenvalue weighted by Gasteiger charge is -2.33. The van der Waals surface area contributed by atoms with E-state index >= 15 is 0 Å². The summed E-state index contributed by atoms with van der Waals surface area (Å²) in [7, 11) is 0. The lowest BCUT2D eigenvalue weighted by Crippen LogP contribution is -2.22. The van der Waals surface area contributed by atoms with Crippen LogP contribution in [0.3, 0.4) is 0 Å². The molecule has 3 atom stereocenters. The Bertz CT molecular complexity index is 763. The molecular formula is C26H35NO. The minimum atomic E-state index is 0.393. The van der Waals surface area contributed by atoms with Gasteiger partial charge in [0.25, 0.3) is 0 Å². The van der Waals surface area contributed by atoms with Crippen LogP contribution in [0.1, 0.15) is 84.5 Å². The van der Waals surface area contributed by atoms with Gasteiger partial charge >= 0.3 is 0 Å². The minimum absolute atomic E-state index is 0.393. The molecule has 0 bridgehead atoms. The van der Waals surface area contributed by atoms with Crippen molar-refractivity contribution in [2.75, 3.05) is 0 Å². The number of allylic oxidation sites excluding steroid dienone is 5. The average Bonchev–Trinajstić information content (AvgIpc) is 3.62. The predicted molar refractivity (Wildman–Crippen MR) is 112 cm³/mol. The molecule has 1 saturated heterocycles. The summed E-state index contributed by atoms with van der Waals surface area (Å²) in [5.41, 5.74) is 4.81. The summed E-state index contributed by atoms with van der Waals surface area (Å²) in [5.74, 6) is 4.68. The summed E-state index contributed by atoms with van der Waals surface area (Å²) in [5, 5.41) is 9.24. The lowest BCUT2D eigenvalue weighted by molar-refractivity contribution is 0.233. The number of rotatable bonds is 4. The van der Waals surface area contributed by atoms with E-state index in [2.05, 4.69) is 32.1 Å². The summed E-state index contributed by atoms with van der Waals surface area (Å²) in [4.78, 5) is 0. The molecule has 28 heavy (non-hydrogen) atoms. The van der Waals surface area contributed by atoms with Gasteiger partial charge in [0.05, 0.1) is 12.5 Å².